The van der Waals surface area contributed by atoms with E-state index in [1.165, 1.54) is 17.7 Å². The summed E-state index contributed by atoms with van der Waals surface area (Å²) >= 11 is 1.62. The summed E-state index contributed by atoms with van der Waals surface area (Å²) < 4.78 is 14.8. The van der Waals surface area contributed by atoms with Crippen LogP contribution in [0.2, 0.25) is 0 Å². The maximum atomic E-state index is 13.0. The average molecular weight is 343 g/mol. The molecule has 0 amide bonds. The summed E-state index contributed by atoms with van der Waals surface area (Å²) in [5, 5.41) is 14.8. The van der Waals surface area contributed by atoms with Crippen molar-refractivity contribution in [3.05, 3.63) is 58.6 Å². The van der Waals surface area contributed by atoms with E-state index in [1.807, 2.05) is 17.9 Å². The highest BCUT2D eigenvalue weighted by atomic mass is 32.1. The molecule has 2 aromatic heterocycles. The van der Waals surface area contributed by atoms with E-state index in [2.05, 4.69) is 26.4 Å². The third-order valence-corrected chi connectivity index (χ3v) is 5.36. The predicted molar refractivity (Wildman–Crippen MR) is 91.9 cm³/mol. The monoisotopic (exact) mass is 343 g/mol. The molecule has 5 nitrogen and oxygen atoms in total. The van der Waals surface area contributed by atoms with Crippen LogP contribution in [0.15, 0.2) is 36.7 Å². The van der Waals surface area contributed by atoms with Gasteiger partial charge >= 0.3 is 0 Å². The number of halogens is 1. The van der Waals surface area contributed by atoms with E-state index in [9.17, 15) is 4.39 Å². The first-order valence-corrected chi connectivity index (χ1v) is 8.79. The molecule has 1 fully saturated rings. The zero-order valence-electron chi connectivity index (χ0n) is 13.4. The Labute approximate surface area is 143 Å². The maximum Gasteiger partial charge on any atom is 0.208 e. The van der Waals surface area contributed by atoms with Crippen molar-refractivity contribution in [1.29, 1.82) is 0 Å². The normalized spacial score (nSPS) is 17.6. The first-order valence-electron chi connectivity index (χ1n) is 7.98. The molecular weight excluding hydrogens is 325 g/mol. The van der Waals surface area contributed by atoms with Crippen LogP contribution < -0.4 is 4.90 Å². The van der Waals surface area contributed by atoms with E-state index in [1.54, 1.807) is 23.5 Å². The van der Waals surface area contributed by atoms with Crippen molar-refractivity contribution in [3.63, 3.8) is 0 Å². The summed E-state index contributed by atoms with van der Waals surface area (Å²) in [6, 6.07) is 6.56. The second-order valence-corrected chi connectivity index (χ2v) is 7.20. The van der Waals surface area contributed by atoms with E-state index in [0.29, 0.717) is 12.3 Å². The number of aryl methyl sites for hydroxylation is 1. The molecule has 1 unspecified atom stereocenters. The lowest BCUT2D eigenvalue weighted by molar-refractivity contribution is 0.627. The quantitative estimate of drug-likeness (QED) is 0.731. The number of hydrogen-bond acceptors (Lipinski definition) is 5. The van der Waals surface area contributed by atoms with Crippen LogP contribution in [0, 0.1) is 5.82 Å². The molecule has 3 heterocycles. The van der Waals surface area contributed by atoms with Gasteiger partial charge in [0.2, 0.25) is 5.13 Å². The van der Waals surface area contributed by atoms with Crippen LogP contribution >= 0.6 is 11.3 Å². The van der Waals surface area contributed by atoms with Gasteiger partial charge in [-0.05, 0) is 29.7 Å². The van der Waals surface area contributed by atoms with Crippen molar-refractivity contribution < 1.29 is 4.39 Å². The van der Waals surface area contributed by atoms with Crippen LogP contribution in [-0.4, -0.2) is 33.1 Å². The fourth-order valence-electron chi connectivity index (χ4n) is 3.08. The summed E-state index contributed by atoms with van der Waals surface area (Å²) in [5.74, 6) is 0.290. The van der Waals surface area contributed by atoms with Gasteiger partial charge in [-0.2, -0.15) is 5.10 Å². The number of benzene rings is 1. The van der Waals surface area contributed by atoms with Crippen molar-refractivity contribution in [3.8, 4) is 0 Å². The average Bonchev–Trinajstić information content (AvgIpc) is 3.29. The van der Waals surface area contributed by atoms with Crippen molar-refractivity contribution >= 4 is 16.5 Å². The Morgan fingerprint density at radius 2 is 2.08 bits per heavy atom. The van der Waals surface area contributed by atoms with Crippen LogP contribution in [0.4, 0.5) is 9.52 Å². The van der Waals surface area contributed by atoms with Gasteiger partial charge in [-0.25, -0.2) is 4.39 Å². The number of anilines is 1. The zero-order chi connectivity index (χ0) is 16.5. The van der Waals surface area contributed by atoms with Crippen LogP contribution in [0.1, 0.15) is 28.5 Å². The molecule has 1 atom stereocenters. The molecule has 1 aliphatic rings. The third-order valence-electron chi connectivity index (χ3n) is 4.38. The lowest BCUT2D eigenvalue weighted by Crippen LogP contribution is -2.18. The zero-order valence-corrected chi connectivity index (χ0v) is 14.2. The molecule has 4 rings (SSSR count). The Hall–Kier alpha value is -2.28. The summed E-state index contributed by atoms with van der Waals surface area (Å²) in [5.41, 5.74) is 2.34. The second kappa shape index (κ2) is 6.32. The molecule has 0 N–H and O–H groups in total. The highest BCUT2D eigenvalue weighted by Gasteiger charge is 2.27. The molecule has 0 saturated carbocycles. The first kappa shape index (κ1) is 15.3. The lowest BCUT2D eigenvalue weighted by atomic mass is 10.0. The summed E-state index contributed by atoms with van der Waals surface area (Å²) in [4.78, 5) is 2.30. The van der Waals surface area contributed by atoms with Crippen molar-refractivity contribution in [2.45, 2.75) is 18.8 Å². The molecule has 1 saturated heterocycles. The largest absolute Gasteiger partial charge is 0.346 e. The van der Waals surface area contributed by atoms with E-state index >= 15 is 0 Å². The highest BCUT2D eigenvalue weighted by Crippen LogP contribution is 2.32. The molecule has 0 spiro atoms. The van der Waals surface area contributed by atoms with Crippen molar-refractivity contribution in [2.24, 2.45) is 7.05 Å². The molecule has 3 aromatic rings. The van der Waals surface area contributed by atoms with Gasteiger partial charge in [-0.3, -0.25) is 4.68 Å². The predicted octanol–water partition coefficient (Wildman–Crippen LogP) is 3.00. The highest BCUT2D eigenvalue weighted by molar-refractivity contribution is 7.15. The van der Waals surface area contributed by atoms with Gasteiger partial charge in [0.15, 0.2) is 0 Å². The topological polar surface area (TPSA) is 46.8 Å². The molecule has 1 aliphatic heterocycles. The molecule has 7 heteroatoms. The van der Waals surface area contributed by atoms with E-state index < -0.39 is 0 Å². The number of hydrogen-bond donors (Lipinski definition) is 0. The van der Waals surface area contributed by atoms with Gasteiger partial charge in [-0.15, -0.1) is 10.2 Å². The Morgan fingerprint density at radius 1 is 1.25 bits per heavy atom. The minimum atomic E-state index is -0.213. The third kappa shape index (κ3) is 3.17. The fourth-order valence-corrected chi connectivity index (χ4v) is 3.99. The first-order chi connectivity index (χ1) is 11.7. The molecule has 124 valence electrons. The number of aromatic nitrogens is 4. The van der Waals surface area contributed by atoms with E-state index in [0.717, 1.165) is 35.2 Å². The van der Waals surface area contributed by atoms with Gasteiger partial charge < -0.3 is 4.90 Å². The van der Waals surface area contributed by atoms with Crippen LogP contribution in [0.5, 0.6) is 0 Å². The summed E-state index contributed by atoms with van der Waals surface area (Å²) in [6.07, 6.45) is 5.85. The van der Waals surface area contributed by atoms with Crippen LogP contribution in [-0.2, 0) is 13.5 Å². The molecule has 1 aromatic carbocycles. The smallest absolute Gasteiger partial charge is 0.208 e. The standard InChI is InChI=1S/C17H18FN5S/c1-22-10-14(9-19-22)13-6-7-23(11-13)17-21-20-16(24-17)8-12-2-4-15(18)5-3-12/h2-5,9-10,13H,6-8,11H2,1H3. The lowest BCUT2D eigenvalue weighted by Gasteiger charge is -2.13. The van der Waals surface area contributed by atoms with Gasteiger partial charge in [0, 0.05) is 38.7 Å². The minimum absolute atomic E-state index is 0.213. The Kier molecular flexibility index (Phi) is 4.02. The van der Waals surface area contributed by atoms with Gasteiger partial charge in [0.25, 0.3) is 0 Å². The van der Waals surface area contributed by atoms with Crippen molar-refractivity contribution in [1.82, 2.24) is 20.0 Å². The second-order valence-electron chi connectivity index (χ2n) is 6.16. The molecule has 0 radical (unpaired) electrons. The van der Waals surface area contributed by atoms with Crippen LogP contribution in [0.25, 0.3) is 0 Å². The Balaban J connectivity index is 1.42. The SMILES string of the molecule is Cn1cc(C2CCN(c3nnc(Cc4ccc(F)cc4)s3)C2)cn1. The summed E-state index contributed by atoms with van der Waals surface area (Å²) in [7, 11) is 1.95. The van der Waals surface area contributed by atoms with Gasteiger partial charge in [-0.1, -0.05) is 23.5 Å². The molecule has 0 bridgehead atoms. The van der Waals surface area contributed by atoms with Gasteiger partial charge in [0.1, 0.15) is 10.8 Å². The maximum absolute atomic E-state index is 13.0. The van der Waals surface area contributed by atoms with Gasteiger partial charge in [0.05, 0.1) is 6.20 Å². The molecule has 24 heavy (non-hydrogen) atoms. The summed E-state index contributed by atoms with van der Waals surface area (Å²) in [6.45, 7) is 1.95. The Morgan fingerprint density at radius 3 is 2.83 bits per heavy atom. The van der Waals surface area contributed by atoms with Crippen LogP contribution in [0.3, 0.4) is 0 Å². The van der Waals surface area contributed by atoms with E-state index in [-0.39, 0.29) is 5.82 Å². The number of nitrogens with zero attached hydrogens (tertiary/aromatic N) is 5. The Bertz CT molecular complexity index is 826. The van der Waals surface area contributed by atoms with Crippen molar-refractivity contribution in [2.75, 3.05) is 18.0 Å². The molecule has 0 aliphatic carbocycles. The molecular formula is C17H18FN5S. The number of rotatable bonds is 4. The minimum Gasteiger partial charge on any atom is -0.346 e. The van der Waals surface area contributed by atoms with E-state index in [4.69, 9.17) is 0 Å². The fraction of sp³-hybridized carbons (Fsp3) is 0.353.